The van der Waals surface area contributed by atoms with E-state index in [1.807, 2.05) is 48.5 Å². The Hall–Kier alpha value is -6.07. The van der Waals surface area contributed by atoms with E-state index in [1.165, 1.54) is 30.6 Å². The molecule has 3 amide bonds. The summed E-state index contributed by atoms with van der Waals surface area (Å²) in [6.07, 6.45) is 4.23. The number of hydrogen-bond acceptors (Lipinski definition) is 8. The number of carbonyl (C=O) groups is 3. The van der Waals surface area contributed by atoms with Crippen LogP contribution in [0.4, 0.5) is 5.69 Å². The molecule has 46 heavy (non-hydrogen) atoms. The number of carbonyl (C=O) groups excluding carboxylic acids is 3. The van der Waals surface area contributed by atoms with Gasteiger partial charge in [0.1, 0.15) is 11.5 Å². The van der Waals surface area contributed by atoms with Gasteiger partial charge in [-0.25, -0.2) is 10.9 Å². The molecular weight excluding hydrogens is 584 g/mol. The van der Waals surface area contributed by atoms with Crippen molar-refractivity contribution >= 4 is 57.4 Å². The second-order valence-electron chi connectivity index (χ2n) is 10.8. The van der Waals surface area contributed by atoms with Crippen molar-refractivity contribution in [2.24, 2.45) is 10.2 Å². The van der Waals surface area contributed by atoms with Gasteiger partial charge in [0, 0.05) is 27.9 Å². The summed E-state index contributed by atoms with van der Waals surface area (Å²) in [5.41, 5.74) is 6.07. The summed E-state index contributed by atoms with van der Waals surface area (Å²) in [4.78, 5) is 39.3. The molecule has 6 N–H and O–H groups in total. The van der Waals surface area contributed by atoms with Gasteiger partial charge in [-0.3, -0.25) is 14.4 Å². The Kier molecular flexibility index (Phi) is 8.66. The number of aromatic hydroxyl groups is 2. The van der Waals surface area contributed by atoms with Crippen LogP contribution in [-0.4, -0.2) is 53.0 Å². The van der Waals surface area contributed by atoms with Gasteiger partial charge in [-0.2, -0.15) is 10.2 Å². The lowest BCUT2D eigenvalue weighted by Crippen LogP contribution is -2.35. The van der Waals surface area contributed by atoms with Crippen LogP contribution in [0, 0.1) is 0 Å². The molecule has 11 nitrogen and oxygen atoms in total. The van der Waals surface area contributed by atoms with Gasteiger partial charge in [0.25, 0.3) is 11.8 Å². The van der Waals surface area contributed by atoms with E-state index in [0.29, 0.717) is 17.5 Å². The lowest BCUT2D eigenvalue weighted by molar-refractivity contribution is -0.117. The number of phenols is 2. The van der Waals surface area contributed by atoms with E-state index in [4.69, 9.17) is 0 Å². The van der Waals surface area contributed by atoms with Crippen molar-refractivity contribution in [2.75, 3.05) is 11.9 Å². The van der Waals surface area contributed by atoms with E-state index in [9.17, 15) is 24.6 Å². The molecule has 1 saturated heterocycles. The maximum absolute atomic E-state index is 13.2. The van der Waals surface area contributed by atoms with E-state index in [2.05, 4.69) is 31.7 Å². The molecule has 1 aliphatic rings. The van der Waals surface area contributed by atoms with E-state index < -0.39 is 11.8 Å². The first-order valence-corrected chi connectivity index (χ1v) is 14.6. The Morgan fingerprint density at radius 2 is 1.24 bits per heavy atom. The van der Waals surface area contributed by atoms with Crippen molar-refractivity contribution in [1.29, 1.82) is 0 Å². The Morgan fingerprint density at radius 3 is 1.74 bits per heavy atom. The summed E-state index contributed by atoms with van der Waals surface area (Å²) in [6, 6.07) is 25.4. The van der Waals surface area contributed by atoms with Gasteiger partial charge < -0.3 is 20.8 Å². The molecule has 1 aliphatic heterocycles. The van der Waals surface area contributed by atoms with Gasteiger partial charge in [0.15, 0.2) is 0 Å². The third-order valence-electron chi connectivity index (χ3n) is 7.72. The molecule has 0 spiro atoms. The van der Waals surface area contributed by atoms with E-state index >= 15 is 0 Å². The van der Waals surface area contributed by atoms with E-state index in [-0.39, 0.29) is 40.3 Å². The van der Waals surface area contributed by atoms with E-state index in [1.54, 1.807) is 24.3 Å². The SMILES string of the molecule is O=C(N/N=C/c1c(O)ccc2ccccc12)c1cc(NC(=O)C2CCCN2)cc(C(=O)N/N=C/c2c(O)ccc3ccccc23)c1. The molecule has 1 heterocycles. The minimum atomic E-state index is -0.649. The van der Waals surface area contributed by atoms with Crippen LogP contribution < -0.4 is 21.5 Å². The van der Waals surface area contributed by atoms with Gasteiger partial charge in [-0.05, 0) is 71.3 Å². The number of benzene rings is 5. The zero-order chi connectivity index (χ0) is 32.0. The highest BCUT2D eigenvalue weighted by Crippen LogP contribution is 2.26. The topological polar surface area (TPSA) is 165 Å². The molecule has 0 bridgehead atoms. The summed E-state index contributed by atoms with van der Waals surface area (Å²) in [5, 5.41) is 38.1. The Balaban J connectivity index is 1.24. The molecule has 0 aliphatic carbocycles. The van der Waals surface area contributed by atoms with Crippen LogP contribution >= 0.6 is 0 Å². The number of amides is 3. The average molecular weight is 615 g/mol. The van der Waals surface area contributed by atoms with Crippen molar-refractivity contribution in [3.63, 3.8) is 0 Å². The van der Waals surface area contributed by atoms with Crippen LogP contribution in [0.2, 0.25) is 0 Å². The van der Waals surface area contributed by atoms with Crippen LogP contribution in [-0.2, 0) is 4.79 Å². The number of nitrogens with one attached hydrogen (secondary N) is 4. The molecule has 0 radical (unpaired) electrons. The maximum atomic E-state index is 13.2. The third-order valence-corrected chi connectivity index (χ3v) is 7.72. The van der Waals surface area contributed by atoms with Crippen molar-refractivity contribution in [3.05, 3.63) is 113 Å². The number of nitrogens with zero attached hydrogens (tertiary/aromatic N) is 2. The Bertz CT molecular complexity index is 1910. The molecule has 6 rings (SSSR count). The van der Waals surface area contributed by atoms with Gasteiger partial charge in [-0.1, -0.05) is 60.7 Å². The molecule has 1 unspecified atom stereocenters. The first-order chi connectivity index (χ1) is 22.4. The molecule has 1 fully saturated rings. The smallest absolute Gasteiger partial charge is 0.271 e. The fourth-order valence-electron chi connectivity index (χ4n) is 5.38. The van der Waals surface area contributed by atoms with Crippen LogP contribution in [0.1, 0.15) is 44.7 Å². The Morgan fingerprint density at radius 1 is 0.717 bits per heavy atom. The molecule has 1 atom stereocenters. The fourth-order valence-corrected chi connectivity index (χ4v) is 5.38. The van der Waals surface area contributed by atoms with Crippen molar-refractivity contribution in [2.45, 2.75) is 18.9 Å². The van der Waals surface area contributed by atoms with Gasteiger partial charge in [-0.15, -0.1) is 0 Å². The van der Waals surface area contributed by atoms with Gasteiger partial charge in [0.05, 0.1) is 18.5 Å². The quantitative estimate of drug-likeness (QED) is 0.110. The number of phenolic OH excluding ortho intramolecular Hbond substituents is 2. The lowest BCUT2D eigenvalue weighted by Gasteiger charge is -2.13. The molecule has 0 saturated carbocycles. The fraction of sp³-hybridized carbons (Fsp3) is 0.114. The largest absolute Gasteiger partial charge is 0.507 e. The van der Waals surface area contributed by atoms with Crippen LogP contribution in [0.25, 0.3) is 21.5 Å². The standard InChI is InChI=1S/C35H30N6O5/c42-31-13-11-21-6-1-3-8-26(21)28(31)19-37-40-33(44)23-16-24(18-25(17-23)39-35(46)30-10-5-15-36-30)34(45)41-38-20-29-27-9-4-2-7-22(27)12-14-32(29)43/h1-4,6-9,11-14,16-20,30,36,42-43H,5,10,15H2,(H,39,46)(H,40,44)(H,41,45)/b37-19+,38-20+. The minimum absolute atomic E-state index is 0.00161. The first-order valence-electron chi connectivity index (χ1n) is 14.6. The van der Waals surface area contributed by atoms with Crippen LogP contribution in [0.15, 0.2) is 101 Å². The second-order valence-corrected chi connectivity index (χ2v) is 10.8. The summed E-state index contributed by atoms with van der Waals surface area (Å²) >= 11 is 0. The Labute approximate surface area is 263 Å². The normalized spacial score (nSPS) is 14.7. The summed E-state index contributed by atoms with van der Waals surface area (Å²) in [7, 11) is 0. The van der Waals surface area contributed by atoms with Crippen LogP contribution in [0.3, 0.4) is 0 Å². The molecule has 11 heteroatoms. The predicted molar refractivity (Wildman–Crippen MR) is 177 cm³/mol. The monoisotopic (exact) mass is 614 g/mol. The molecule has 5 aromatic carbocycles. The highest BCUT2D eigenvalue weighted by molar-refractivity contribution is 6.06. The van der Waals surface area contributed by atoms with Crippen molar-refractivity contribution < 1.29 is 24.6 Å². The number of fused-ring (bicyclic) bond motifs is 2. The number of hydrogen-bond donors (Lipinski definition) is 6. The van der Waals surface area contributed by atoms with Gasteiger partial charge >= 0.3 is 0 Å². The molecule has 0 aromatic heterocycles. The third kappa shape index (κ3) is 6.54. The number of rotatable bonds is 8. The van der Waals surface area contributed by atoms with E-state index in [0.717, 1.165) is 34.5 Å². The molecule has 5 aromatic rings. The summed E-state index contributed by atoms with van der Waals surface area (Å²) < 4.78 is 0. The minimum Gasteiger partial charge on any atom is -0.507 e. The number of hydrazone groups is 2. The highest BCUT2D eigenvalue weighted by atomic mass is 16.3. The predicted octanol–water partition coefficient (Wildman–Crippen LogP) is 4.62. The highest BCUT2D eigenvalue weighted by Gasteiger charge is 2.23. The van der Waals surface area contributed by atoms with Gasteiger partial charge in [0.2, 0.25) is 5.91 Å². The number of anilines is 1. The first kappa shape index (κ1) is 30.0. The summed E-state index contributed by atoms with van der Waals surface area (Å²) in [6.45, 7) is 0.725. The van der Waals surface area contributed by atoms with Crippen molar-refractivity contribution in [1.82, 2.24) is 16.2 Å². The maximum Gasteiger partial charge on any atom is 0.271 e. The zero-order valence-corrected chi connectivity index (χ0v) is 24.5. The molecular formula is C35H30N6O5. The second kappa shape index (κ2) is 13.3. The lowest BCUT2D eigenvalue weighted by atomic mass is 10.0. The van der Waals surface area contributed by atoms with Crippen molar-refractivity contribution in [3.8, 4) is 11.5 Å². The summed E-state index contributed by atoms with van der Waals surface area (Å²) in [5.74, 6) is -1.58. The molecule has 230 valence electrons. The van der Waals surface area contributed by atoms with Crippen LogP contribution in [0.5, 0.6) is 11.5 Å². The zero-order valence-electron chi connectivity index (χ0n) is 24.5. The average Bonchev–Trinajstić information content (AvgIpc) is 3.62.